The van der Waals surface area contributed by atoms with Crippen molar-refractivity contribution in [2.75, 3.05) is 0 Å². The Bertz CT molecular complexity index is 533. The summed E-state index contributed by atoms with van der Waals surface area (Å²) in [7, 11) is 0. The van der Waals surface area contributed by atoms with Crippen LogP contribution >= 0.6 is 0 Å². The van der Waals surface area contributed by atoms with Gasteiger partial charge in [-0.2, -0.15) is 0 Å². The number of carboxylic acids is 6. The van der Waals surface area contributed by atoms with E-state index in [2.05, 4.69) is 0 Å². The molecule has 0 unspecified atom stereocenters. The van der Waals surface area contributed by atoms with E-state index >= 15 is 0 Å². The molecule has 0 aliphatic rings. The quantitative estimate of drug-likeness (QED) is 0.250. The summed E-state index contributed by atoms with van der Waals surface area (Å²) in [5, 5.41) is 77.9. The molecule has 0 saturated heterocycles. The third-order valence-electron chi connectivity index (χ3n) is 2.51. The Labute approximate surface area is 258 Å². The topological polar surface area (TPSA) is 281 Å². The van der Waals surface area contributed by atoms with Gasteiger partial charge in [0.15, 0.2) is 0 Å². The molecule has 0 rings (SSSR count). The number of halogens is 1. The fraction of sp³-hybridized carbons (Fsp3) is 0.500. The molecule has 0 aliphatic heterocycles. The van der Waals surface area contributed by atoms with Gasteiger partial charge in [0.25, 0.3) is 0 Å². The van der Waals surface area contributed by atoms with Crippen LogP contribution in [0.15, 0.2) is 0 Å². The van der Waals surface area contributed by atoms with Gasteiger partial charge in [0, 0.05) is 49.6 Å². The second-order valence-corrected chi connectivity index (χ2v) is 4.83. The smallest absolute Gasteiger partial charge is 1.00 e. The van der Waals surface area contributed by atoms with E-state index in [0.29, 0.717) is 0 Å². The van der Waals surface area contributed by atoms with E-state index in [1.807, 2.05) is 0 Å². The SMILES string of the molecule is O=C([O-])CC(O)(CC(=O)[O-])C(=O)[O-].O=C([O-])CC(O)(CC(=O)[O-])C(=O)[O-].[Ca+2].[Cl-].[Mg+2].[Mg+2].[Mg+2]. The molecular weight excluding hydrogens is 517 g/mol. The average Bonchev–Trinajstić information content (AvgIpc) is 2.34. The minimum Gasteiger partial charge on any atom is -1.00 e. The van der Waals surface area contributed by atoms with Gasteiger partial charge in [0.2, 0.25) is 0 Å². The molecular formula is C12H10CaClMg3O14+. The molecule has 0 amide bonds. The molecule has 0 spiro atoms. The van der Waals surface area contributed by atoms with Gasteiger partial charge in [0.1, 0.15) is 11.2 Å². The summed E-state index contributed by atoms with van der Waals surface area (Å²) in [4.78, 5) is 60.0. The standard InChI is InChI=1S/2C6H8O7.Ca.ClH.3Mg/c2*7-3(8)1-6(13,5(11)12)2-4(9)10;;;;;/h2*13H,1-2H2,(H,7,8)(H,9,10)(H,11,12);;1H;;;/q;;+2;;3*+2/p-7. The third kappa shape index (κ3) is 23.5. The van der Waals surface area contributed by atoms with E-state index in [9.17, 15) is 59.4 Å². The first kappa shape index (κ1) is 48.9. The number of hydrogen-bond acceptors (Lipinski definition) is 14. The van der Waals surface area contributed by atoms with E-state index in [1.54, 1.807) is 0 Å². The van der Waals surface area contributed by atoms with Crippen molar-refractivity contribution in [1.29, 1.82) is 0 Å². The molecule has 0 atom stereocenters. The Hall–Kier alpha value is 0.588. The number of rotatable bonds is 10. The minimum absolute atomic E-state index is 0. The maximum Gasteiger partial charge on any atom is 2.00 e. The Morgan fingerprint density at radius 3 is 0.710 bits per heavy atom. The Morgan fingerprint density at radius 1 is 0.516 bits per heavy atom. The van der Waals surface area contributed by atoms with Gasteiger partial charge in [-0.15, -0.1) is 0 Å². The summed E-state index contributed by atoms with van der Waals surface area (Å²) in [5.74, 6) is -12.0. The monoisotopic (exact) mass is 525 g/mol. The van der Waals surface area contributed by atoms with Crippen molar-refractivity contribution in [1.82, 2.24) is 0 Å². The zero-order valence-corrected chi connectivity index (χ0v) is 23.0. The van der Waals surface area contributed by atoms with Crippen molar-refractivity contribution in [2.24, 2.45) is 0 Å². The third-order valence-corrected chi connectivity index (χ3v) is 2.51. The molecule has 0 bridgehead atoms. The molecule has 0 aromatic rings. The first-order valence-corrected chi connectivity index (χ1v) is 6.23. The van der Waals surface area contributed by atoms with Gasteiger partial charge >= 0.3 is 107 Å². The van der Waals surface area contributed by atoms with Crippen molar-refractivity contribution in [3.63, 3.8) is 0 Å². The zero-order chi connectivity index (χ0) is 21.3. The van der Waals surface area contributed by atoms with Crippen LogP contribution in [0.4, 0.5) is 0 Å². The van der Waals surface area contributed by atoms with Crippen LogP contribution in [0.2, 0.25) is 0 Å². The van der Waals surface area contributed by atoms with Crippen molar-refractivity contribution >= 4 is 143 Å². The second-order valence-electron chi connectivity index (χ2n) is 4.83. The van der Waals surface area contributed by atoms with E-state index in [0.717, 1.165) is 0 Å². The number of aliphatic carboxylic acids is 6. The Kier molecular flexibility index (Phi) is 35.3. The van der Waals surface area contributed by atoms with Gasteiger partial charge in [-0.3, -0.25) is 0 Å². The minimum atomic E-state index is -2.97. The molecule has 31 heavy (non-hydrogen) atoms. The van der Waals surface area contributed by atoms with E-state index in [1.165, 1.54) is 0 Å². The van der Waals surface area contributed by atoms with E-state index in [4.69, 9.17) is 10.2 Å². The van der Waals surface area contributed by atoms with Crippen LogP contribution < -0.4 is 43.0 Å². The molecule has 0 heterocycles. The molecule has 0 aromatic carbocycles. The Morgan fingerprint density at radius 2 is 0.645 bits per heavy atom. The van der Waals surface area contributed by atoms with Gasteiger partial charge in [-0.25, -0.2) is 0 Å². The van der Waals surface area contributed by atoms with Crippen LogP contribution in [0.1, 0.15) is 25.7 Å². The largest absolute Gasteiger partial charge is 2.00 e. The summed E-state index contributed by atoms with van der Waals surface area (Å²) < 4.78 is 0. The van der Waals surface area contributed by atoms with Crippen molar-refractivity contribution in [3.05, 3.63) is 0 Å². The van der Waals surface area contributed by atoms with Crippen LogP contribution in [-0.4, -0.2) is 164 Å². The van der Waals surface area contributed by atoms with Crippen LogP contribution in [0.5, 0.6) is 0 Å². The van der Waals surface area contributed by atoms with Crippen molar-refractivity contribution in [2.45, 2.75) is 36.9 Å². The summed E-state index contributed by atoms with van der Waals surface area (Å²) in [6.45, 7) is 0. The molecule has 156 valence electrons. The molecule has 19 heteroatoms. The van der Waals surface area contributed by atoms with E-state index in [-0.39, 0.29) is 119 Å². The summed E-state index contributed by atoms with van der Waals surface area (Å²) in [5.41, 5.74) is -5.95. The molecule has 0 aromatic heterocycles. The van der Waals surface area contributed by atoms with Crippen LogP contribution in [-0.2, 0) is 28.8 Å². The first-order chi connectivity index (χ1) is 11.6. The molecule has 0 aliphatic carbocycles. The normalized spacial score (nSPS) is 9.10. The maximum atomic E-state index is 10.1. The molecule has 0 fully saturated rings. The fourth-order valence-corrected chi connectivity index (χ4v) is 1.37. The predicted octanol–water partition coefficient (Wildman–Crippen LogP) is -15.0. The van der Waals surface area contributed by atoms with Gasteiger partial charge in [-0.1, -0.05) is 0 Å². The number of carboxylic acid groups (broad SMARTS) is 6. The van der Waals surface area contributed by atoms with Crippen LogP contribution in [0.3, 0.4) is 0 Å². The van der Waals surface area contributed by atoms with E-state index < -0.39 is 72.7 Å². The summed E-state index contributed by atoms with van der Waals surface area (Å²) in [6, 6.07) is 0. The fourth-order valence-electron chi connectivity index (χ4n) is 1.37. The Balaban J connectivity index is -0.0000000640. The molecule has 2 N–H and O–H groups in total. The predicted molar refractivity (Wildman–Crippen MR) is 81.4 cm³/mol. The van der Waals surface area contributed by atoms with Gasteiger partial charge in [-0.05, 0) is 0 Å². The second kappa shape index (κ2) is 22.4. The molecule has 0 saturated carbocycles. The number of carbonyl (C=O) groups excluding carboxylic acids is 6. The van der Waals surface area contributed by atoms with Gasteiger partial charge in [0.05, 0.1) is 11.9 Å². The number of aliphatic hydroxyl groups is 2. The van der Waals surface area contributed by atoms with Crippen molar-refractivity contribution in [3.8, 4) is 0 Å². The number of hydrogen-bond donors (Lipinski definition) is 2. The molecule has 0 radical (unpaired) electrons. The van der Waals surface area contributed by atoms with Crippen molar-refractivity contribution < 1.29 is 82.0 Å². The first-order valence-electron chi connectivity index (χ1n) is 6.23. The summed E-state index contributed by atoms with van der Waals surface area (Å²) >= 11 is 0. The zero-order valence-electron chi connectivity index (χ0n) is 15.8. The average molecular weight is 527 g/mol. The number of carbonyl (C=O) groups is 6. The maximum absolute atomic E-state index is 10.1. The molecule has 14 nitrogen and oxygen atoms in total. The van der Waals surface area contributed by atoms with Crippen LogP contribution in [0.25, 0.3) is 0 Å². The van der Waals surface area contributed by atoms with Gasteiger partial charge < -0.3 is 82.0 Å². The van der Waals surface area contributed by atoms with Crippen LogP contribution in [0, 0.1) is 0 Å². The summed E-state index contributed by atoms with van der Waals surface area (Å²) in [6.07, 6.45) is -5.43.